The van der Waals surface area contributed by atoms with Gasteiger partial charge < -0.3 is 26.9 Å². The van der Waals surface area contributed by atoms with Crippen LogP contribution in [0, 0.1) is 42.4 Å². The minimum Gasteiger partial charge on any atom is -0.657 e. The molecule has 0 N–H and O–H groups in total. The van der Waals surface area contributed by atoms with Gasteiger partial charge in [-0.3, -0.25) is 0 Å². The summed E-state index contributed by atoms with van der Waals surface area (Å²) in [6, 6.07) is 65.9. The maximum absolute atomic E-state index is 4.52. The zero-order chi connectivity index (χ0) is 69.3. The second-order valence-electron chi connectivity index (χ2n) is 20.6. The molecule has 505 valence electrons. The van der Waals surface area contributed by atoms with Crippen LogP contribution in [0.1, 0.15) is 175 Å². The Morgan fingerprint density at radius 3 is 0.674 bits per heavy atom. The van der Waals surface area contributed by atoms with Crippen molar-refractivity contribution in [3.63, 3.8) is 0 Å². The van der Waals surface area contributed by atoms with Gasteiger partial charge in [-0.1, -0.05) is 355 Å². The molecule has 6 atom stereocenters. The normalized spacial score (nSPS) is 15.5. The first-order valence-electron chi connectivity index (χ1n) is 35.8. The van der Waals surface area contributed by atoms with Crippen molar-refractivity contribution in [3.8, 4) is 0 Å². The number of rotatable bonds is 9. The summed E-state index contributed by atoms with van der Waals surface area (Å²) in [6.45, 7) is 53.7. The van der Waals surface area contributed by atoms with E-state index in [1.165, 1.54) is 94.5 Å². The van der Waals surface area contributed by atoms with Crippen molar-refractivity contribution in [2.45, 2.75) is 175 Å². The van der Waals surface area contributed by atoms with E-state index in [1.54, 1.807) is 0 Å². The van der Waals surface area contributed by atoms with E-state index in [-0.39, 0.29) is 65.4 Å². The molecule has 12 aromatic rings. The van der Waals surface area contributed by atoms with Gasteiger partial charge in [-0.2, -0.15) is 6.42 Å². The zero-order valence-electron chi connectivity index (χ0n) is 62.1. The van der Waals surface area contributed by atoms with Crippen LogP contribution < -0.4 is 19.9 Å². The molecule has 4 heterocycles. The fourth-order valence-corrected chi connectivity index (χ4v) is 11.7. The van der Waals surface area contributed by atoms with Crippen LogP contribution in [0.15, 0.2) is 245 Å². The van der Waals surface area contributed by atoms with Crippen molar-refractivity contribution in [2.24, 2.45) is 35.5 Å². The molecule has 0 saturated heterocycles. The predicted octanol–water partition coefficient (Wildman–Crippen LogP) is 27.8. The van der Waals surface area contributed by atoms with Crippen molar-refractivity contribution in [1.29, 1.82) is 0 Å². The second-order valence-corrected chi connectivity index (χ2v) is 20.6. The summed E-state index contributed by atoms with van der Waals surface area (Å²) in [6.07, 6.45) is 20.1. The Bertz CT molecular complexity index is 3210. The third-order valence-corrected chi connectivity index (χ3v) is 15.7. The maximum Gasteiger partial charge on any atom is 3.00 e. The van der Waals surface area contributed by atoms with Gasteiger partial charge in [-0.25, -0.2) is 0 Å². The minimum atomic E-state index is 0. The summed E-state index contributed by atoms with van der Waals surface area (Å²) >= 11 is 0. The third kappa shape index (κ3) is 27.9. The van der Waals surface area contributed by atoms with E-state index in [0.717, 1.165) is 86.1 Å². The zero-order valence-corrected chi connectivity index (χ0v) is 67.8. The molecule has 2 aliphatic rings. The largest absolute Gasteiger partial charge is 3.00 e. The smallest absolute Gasteiger partial charge is 0.657 e. The van der Waals surface area contributed by atoms with Gasteiger partial charge in [-0.05, 0) is 111 Å². The van der Waals surface area contributed by atoms with E-state index in [0.29, 0.717) is 0 Å². The molecular weight excluding hydrogens is 1300 g/mol. The Kier molecular flexibility index (Phi) is 53.9. The number of para-hydroxylation sites is 8. The van der Waals surface area contributed by atoms with E-state index in [2.05, 4.69) is 230 Å². The van der Waals surface area contributed by atoms with Gasteiger partial charge in [0.2, 0.25) is 0 Å². The molecule has 2 saturated carbocycles. The molecule has 2 fully saturated rings. The molecule has 6 unspecified atom stereocenters. The molecule has 8 aromatic carbocycles. The van der Waals surface area contributed by atoms with Gasteiger partial charge in [0.25, 0.3) is 0 Å². The monoisotopic (exact) mass is 1420 g/mol. The number of benzene rings is 8. The Labute approximate surface area is 629 Å². The first kappa shape index (κ1) is 91.2. The molecule has 14 rings (SSSR count). The van der Waals surface area contributed by atoms with Gasteiger partial charge in [0.15, 0.2) is 0 Å². The van der Waals surface area contributed by atoms with Crippen molar-refractivity contribution >= 4 is 87.2 Å². The summed E-state index contributed by atoms with van der Waals surface area (Å²) < 4.78 is 0. The predicted molar refractivity (Wildman–Crippen MR) is 424 cm³/mol. The quantitative estimate of drug-likeness (QED) is 0.107. The molecule has 4 nitrogen and oxygen atoms in total. The van der Waals surface area contributed by atoms with Crippen LogP contribution in [0.3, 0.4) is 0 Å². The summed E-state index contributed by atoms with van der Waals surface area (Å²) in [5.41, 5.74) is 8.69. The Balaban J connectivity index is 0. The Morgan fingerprint density at radius 1 is 0.316 bits per heavy atom. The summed E-state index contributed by atoms with van der Waals surface area (Å²) in [7, 11) is 0. The molecular formula is C89H121N4Y2-2. The number of unbranched alkanes of at least 4 members (excludes halogenated alkanes) is 1. The average molecular weight is 1420 g/mol. The first-order valence-corrected chi connectivity index (χ1v) is 35.8. The Hall–Kier alpha value is -5.87. The van der Waals surface area contributed by atoms with Gasteiger partial charge in [-0.15, -0.1) is 70.4 Å². The van der Waals surface area contributed by atoms with Crippen molar-refractivity contribution < 1.29 is 65.4 Å². The van der Waals surface area contributed by atoms with Gasteiger partial charge in [0, 0.05) is 32.7 Å². The van der Waals surface area contributed by atoms with Crippen LogP contribution in [0.2, 0.25) is 0 Å². The molecule has 0 amide bonds. The van der Waals surface area contributed by atoms with Crippen LogP contribution in [0.4, 0.5) is 0 Å². The van der Waals surface area contributed by atoms with E-state index in [1.807, 2.05) is 159 Å². The van der Waals surface area contributed by atoms with Gasteiger partial charge in [0.05, 0.1) is 0 Å². The molecule has 0 spiro atoms. The van der Waals surface area contributed by atoms with Crippen LogP contribution in [0.25, 0.3) is 87.2 Å². The fraction of sp³-hybridized carbons (Fsp3) is 0.360. The molecule has 2 aliphatic carbocycles. The molecule has 95 heavy (non-hydrogen) atoms. The van der Waals surface area contributed by atoms with Crippen LogP contribution in [-0.2, 0) is 65.4 Å². The Morgan fingerprint density at radius 2 is 0.505 bits per heavy atom. The maximum atomic E-state index is 4.52. The van der Waals surface area contributed by atoms with Crippen LogP contribution in [-0.4, -0.2) is 0 Å². The number of aromatic nitrogens is 4. The number of nitrogens with zero attached hydrogens (tertiary/aromatic N) is 4. The molecule has 1 radical (unpaired) electrons. The molecule has 4 aromatic heterocycles. The minimum absolute atomic E-state index is 0. The van der Waals surface area contributed by atoms with Crippen molar-refractivity contribution in [1.82, 2.24) is 19.9 Å². The number of allylic oxidation sites excluding steroid dienone is 4. The molecule has 0 aliphatic heterocycles. The van der Waals surface area contributed by atoms with E-state index >= 15 is 0 Å². The first-order chi connectivity index (χ1) is 45.9. The number of hydrogen-bond acceptors (Lipinski definition) is 0. The fourth-order valence-electron chi connectivity index (χ4n) is 11.7. The topological polar surface area (TPSA) is 56.4 Å². The molecule has 6 heteroatoms. The summed E-state index contributed by atoms with van der Waals surface area (Å²) in [4.78, 5) is 18.1. The number of fused-ring (bicyclic) bond motifs is 12. The second kappa shape index (κ2) is 56.2. The standard InChI is InChI=1S/C13H22.4C12H8N.C12H19.8C2H6.2Y/c1-4-7-8-13-10-11(5-2)9-12(13)6-3;4*1-3-7-11-9(5-1)10-6-2-4-8-12(10)13-11;1-4-7-12-9-10(5-2)8-11(12)6-3;8*1-2;;/h5-6,11-13H,2-4,7-10H2,1H3;4*1-8H;5-6,10-12H,1-4,7-9H2;8*1-2H3;;/q;5*-1;;;;;;;;;;+3. The van der Waals surface area contributed by atoms with E-state index in [9.17, 15) is 0 Å². The summed E-state index contributed by atoms with van der Waals surface area (Å²) in [5, 5.41) is 9.99. The van der Waals surface area contributed by atoms with Crippen LogP contribution >= 0.6 is 0 Å². The van der Waals surface area contributed by atoms with Crippen molar-refractivity contribution in [3.05, 3.63) is 252 Å². The SMILES string of the molecule is C=CC1CC(C=C)C(CCCC)C1.C=CC1CC(C=C)C(CC[CH2-])C1.CC.CC.CC.CC.CC.CC.CC.CC.[Y+3].[Y].c1ccc2c(c1)[n-]c1ccccc12.c1ccc2c(c1)[n-]c1ccccc12.c1ccc2c(c1)[n-]c1ccccc12.c1ccc2c(c1)[n-]c1ccccc12. The van der Waals surface area contributed by atoms with E-state index < -0.39 is 0 Å². The van der Waals surface area contributed by atoms with Gasteiger partial charge in [0.1, 0.15) is 0 Å². The molecule has 0 bridgehead atoms. The van der Waals surface area contributed by atoms with E-state index in [4.69, 9.17) is 0 Å². The number of hydrogen-bond donors (Lipinski definition) is 0. The van der Waals surface area contributed by atoms with Crippen molar-refractivity contribution in [2.75, 3.05) is 0 Å². The van der Waals surface area contributed by atoms with Gasteiger partial charge >= 0.3 is 32.7 Å². The summed E-state index contributed by atoms with van der Waals surface area (Å²) in [5.74, 6) is 4.67. The third-order valence-electron chi connectivity index (χ3n) is 15.7. The average Bonchev–Trinajstić information content (AvgIpc) is 1.68. The van der Waals surface area contributed by atoms with Crippen LogP contribution in [0.5, 0.6) is 0 Å².